The molecule has 2 aromatic carbocycles. The number of hydrogen-bond acceptors (Lipinski definition) is 6. The Bertz CT molecular complexity index is 900. The van der Waals surface area contributed by atoms with Crippen LogP contribution in [0, 0.1) is 0 Å². The molecule has 0 atom stereocenters. The van der Waals surface area contributed by atoms with Crippen LogP contribution in [0.15, 0.2) is 60.7 Å². The van der Waals surface area contributed by atoms with Crippen molar-refractivity contribution in [3.05, 3.63) is 60.7 Å². The fourth-order valence-corrected chi connectivity index (χ4v) is 7.44. The molecule has 0 aliphatic heterocycles. The van der Waals surface area contributed by atoms with Crippen molar-refractivity contribution in [1.82, 2.24) is 0 Å². The molecule has 0 radical (unpaired) electrons. The van der Waals surface area contributed by atoms with Crippen LogP contribution < -0.4 is 7.16 Å². The molecule has 0 bridgehead atoms. The van der Waals surface area contributed by atoms with Gasteiger partial charge in [0, 0.05) is 11.5 Å². The Morgan fingerprint density at radius 2 is 0.811 bits per heavy atom. The van der Waals surface area contributed by atoms with Crippen LogP contribution in [0.3, 0.4) is 0 Å². The van der Waals surface area contributed by atoms with E-state index in [1.54, 1.807) is 0 Å². The Hall–Kier alpha value is -0.941. The second kappa shape index (κ2) is 23.0. The molecule has 0 amide bonds. The predicted molar refractivity (Wildman–Crippen MR) is 154 cm³/mol. The summed E-state index contributed by atoms with van der Waals surface area (Å²) in [6.07, 6.45) is 11.9. The minimum atomic E-state index is -3.97. The van der Waals surface area contributed by atoms with Crippen LogP contribution in [0.2, 0.25) is 0 Å². The van der Waals surface area contributed by atoms with E-state index in [4.69, 9.17) is 0 Å². The molecule has 9 heteroatoms. The summed E-state index contributed by atoms with van der Waals surface area (Å²) in [7, 11) is -7.93. The van der Waals surface area contributed by atoms with Crippen LogP contribution in [0.5, 0.6) is 0 Å². The Labute approximate surface area is 236 Å². The Morgan fingerprint density at radius 1 is 0.514 bits per heavy atom. The quantitative estimate of drug-likeness (QED) is 0.140. The maximum atomic E-state index is 10.2. The molecule has 0 N–H and O–H groups in total. The predicted octanol–water partition coefficient (Wildman–Crippen LogP) is 5.13. The molecular formula is C28H44O6S2Sn. The van der Waals surface area contributed by atoms with Crippen LogP contribution >= 0.6 is 0 Å². The van der Waals surface area contributed by atoms with Gasteiger partial charge in [0.15, 0.2) is 0 Å². The fraction of sp³-hybridized carbons (Fsp3) is 0.571. The molecule has 0 heterocycles. The molecule has 0 saturated heterocycles. The average Bonchev–Trinajstić information content (AvgIpc) is 2.84. The number of unbranched alkanes of at least 4 members (excludes halogenated alkanes) is 10. The third-order valence-electron chi connectivity index (χ3n) is 5.33. The summed E-state index contributed by atoms with van der Waals surface area (Å²) in [4.78, 5) is 0. The normalized spacial score (nSPS) is 10.9. The van der Waals surface area contributed by atoms with Gasteiger partial charge in [-0.2, -0.15) is 0 Å². The molecule has 0 aromatic heterocycles. The number of hydrogen-bond donors (Lipinski definition) is 0. The van der Waals surface area contributed by atoms with E-state index in [-0.39, 0.29) is 11.5 Å². The van der Waals surface area contributed by atoms with E-state index < -0.39 is 41.4 Å². The molecule has 0 aliphatic rings. The van der Waals surface area contributed by atoms with Gasteiger partial charge in [-0.25, -0.2) is 16.8 Å². The first-order valence-electron chi connectivity index (χ1n) is 13.3. The Kier molecular flexibility index (Phi) is 22.4. The van der Waals surface area contributed by atoms with Gasteiger partial charge in [-0.1, -0.05) is 78.1 Å². The third kappa shape index (κ3) is 27.9. The zero-order valence-electron chi connectivity index (χ0n) is 22.4. The average molecular weight is 659 g/mol. The zero-order chi connectivity index (χ0) is 27.8. The second-order valence-corrected chi connectivity index (χ2v) is 16.0. The van der Waals surface area contributed by atoms with E-state index >= 15 is 0 Å². The van der Waals surface area contributed by atoms with Gasteiger partial charge < -0.3 is 9.11 Å². The van der Waals surface area contributed by atoms with Crippen molar-refractivity contribution >= 4 is 48.5 Å². The van der Waals surface area contributed by atoms with Crippen molar-refractivity contribution in [3.63, 3.8) is 0 Å². The van der Waals surface area contributed by atoms with Gasteiger partial charge >= 0.3 is 89.0 Å². The summed E-state index contributed by atoms with van der Waals surface area (Å²) in [5.74, 6) is -0.391. The van der Waals surface area contributed by atoms with Crippen molar-refractivity contribution in [2.45, 2.75) is 90.9 Å². The summed E-state index contributed by atoms with van der Waals surface area (Å²) in [6.45, 7) is 4.25. The van der Waals surface area contributed by atoms with Crippen LogP contribution in [0.4, 0.5) is 0 Å². The molecule has 2 aromatic rings. The molecule has 0 saturated carbocycles. The van der Waals surface area contributed by atoms with Crippen LogP contribution in [0.25, 0.3) is 0 Å². The third-order valence-corrected chi connectivity index (χ3v) is 10.5. The fourth-order valence-electron chi connectivity index (χ4n) is 3.33. The van der Waals surface area contributed by atoms with E-state index in [1.807, 2.05) is 0 Å². The van der Waals surface area contributed by atoms with Crippen LogP contribution in [-0.2, 0) is 20.2 Å². The van der Waals surface area contributed by atoms with E-state index in [9.17, 15) is 25.9 Å². The monoisotopic (exact) mass is 660 g/mol. The first-order chi connectivity index (χ1) is 17.6. The van der Waals surface area contributed by atoms with Gasteiger partial charge in [-0.05, 0) is 12.8 Å². The van der Waals surface area contributed by atoms with Gasteiger partial charge in [0.05, 0.1) is 20.2 Å². The zero-order valence-corrected chi connectivity index (χ0v) is 26.9. The van der Waals surface area contributed by atoms with Gasteiger partial charge in [0.2, 0.25) is 0 Å². The molecule has 37 heavy (non-hydrogen) atoms. The standard InChI is InChI=1S/2C8H18O3S.2C6H5.Sn/c2*1-2-3-4-5-6-7-8-12(9,10)11;2*1-2-4-6-5-3-1;/h2*2-8H2,1H3,(H,9,10,11);2*1-5H;/q;;;;+2/p-2. The summed E-state index contributed by atoms with van der Waals surface area (Å²) < 4.78 is 64.1. The molecule has 6 nitrogen and oxygen atoms in total. The molecule has 0 aliphatic carbocycles. The Balaban J connectivity index is 0.000000527. The molecule has 2 rings (SSSR count). The summed E-state index contributed by atoms with van der Waals surface area (Å²) >= 11 is -0.517. The van der Waals surface area contributed by atoms with E-state index in [1.165, 1.54) is 32.8 Å². The maximum absolute atomic E-state index is 10.2. The van der Waals surface area contributed by atoms with Crippen molar-refractivity contribution < 1.29 is 25.9 Å². The van der Waals surface area contributed by atoms with E-state index in [2.05, 4.69) is 74.5 Å². The van der Waals surface area contributed by atoms with Gasteiger partial charge in [-0.3, -0.25) is 0 Å². The Morgan fingerprint density at radius 3 is 1.11 bits per heavy atom. The molecule has 0 spiro atoms. The minimum absolute atomic E-state index is 0.195. The number of benzene rings is 2. The van der Waals surface area contributed by atoms with Gasteiger partial charge in [0.25, 0.3) is 0 Å². The molecular weight excluding hydrogens is 615 g/mol. The van der Waals surface area contributed by atoms with Crippen LogP contribution in [-0.4, -0.2) is 58.6 Å². The van der Waals surface area contributed by atoms with Crippen molar-refractivity contribution in [2.24, 2.45) is 0 Å². The summed E-state index contributed by atoms with van der Waals surface area (Å²) in [5, 5.41) is 0. The van der Waals surface area contributed by atoms with Crippen LogP contribution in [0.1, 0.15) is 90.9 Å². The van der Waals surface area contributed by atoms with Crippen molar-refractivity contribution in [1.29, 1.82) is 0 Å². The molecule has 0 unspecified atom stereocenters. The van der Waals surface area contributed by atoms with Gasteiger partial charge in [0.1, 0.15) is 0 Å². The summed E-state index contributed by atoms with van der Waals surface area (Å²) in [5.41, 5.74) is 0. The SMILES string of the molecule is CCCCCCCCS(=O)(=O)[O-].CCCCCCCCS(=O)(=O)[O-].c1cc[c]([Sn+2][c]2ccccc2)cc1. The first-order valence-corrected chi connectivity index (χ1v) is 19.3. The molecule has 208 valence electrons. The topological polar surface area (TPSA) is 114 Å². The van der Waals surface area contributed by atoms with E-state index in [0.29, 0.717) is 12.8 Å². The van der Waals surface area contributed by atoms with Gasteiger partial charge in [-0.15, -0.1) is 0 Å². The van der Waals surface area contributed by atoms with Crippen molar-refractivity contribution in [3.8, 4) is 0 Å². The van der Waals surface area contributed by atoms with Crippen molar-refractivity contribution in [2.75, 3.05) is 11.5 Å². The first kappa shape index (κ1) is 36.1. The van der Waals surface area contributed by atoms with E-state index in [0.717, 1.165) is 38.5 Å². The summed E-state index contributed by atoms with van der Waals surface area (Å²) in [6, 6.07) is 21.6. The second-order valence-electron chi connectivity index (χ2n) is 8.92. The number of rotatable bonds is 16. The molecule has 0 fully saturated rings.